The summed E-state index contributed by atoms with van der Waals surface area (Å²) in [4.78, 5) is 27.3. The quantitative estimate of drug-likeness (QED) is 0.287. The standard InChI is InChI=1S/C28H27N5O3/c34-26-13-15-33(16-14-26)25-11-9-23(10-12-25)31-22-5-1-19(2-6-22)27(35)20-3-7-24(8-4-20)32-28(36)21-17-29-30-18-21/h1-12,17-18,26,31,34H,13-16H2,(H,29,30)(H,32,36). The third-order valence-electron chi connectivity index (χ3n) is 6.30. The molecule has 1 fully saturated rings. The first-order valence-electron chi connectivity index (χ1n) is 11.9. The molecule has 182 valence electrons. The van der Waals surface area contributed by atoms with E-state index in [0.717, 1.165) is 43.0 Å². The number of amides is 1. The van der Waals surface area contributed by atoms with Crippen molar-refractivity contribution in [2.24, 2.45) is 0 Å². The lowest BCUT2D eigenvalue weighted by atomic mass is 10.0. The number of hydrogen-bond donors (Lipinski definition) is 4. The number of ketones is 1. The van der Waals surface area contributed by atoms with E-state index in [4.69, 9.17) is 0 Å². The molecule has 0 aliphatic carbocycles. The Labute approximate surface area is 209 Å². The lowest BCUT2D eigenvalue weighted by Crippen LogP contribution is -2.35. The van der Waals surface area contributed by atoms with Crippen molar-refractivity contribution in [3.63, 3.8) is 0 Å². The third-order valence-corrected chi connectivity index (χ3v) is 6.30. The Morgan fingerprint density at radius 1 is 0.806 bits per heavy atom. The Balaban J connectivity index is 1.18. The summed E-state index contributed by atoms with van der Waals surface area (Å²) in [7, 11) is 0. The van der Waals surface area contributed by atoms with E-state index in [9.17, 15) is 14.7 Å². The molecule has 1 aromatic heterocycles. The second kappa shape index (κ2) is 10.5. The van der Waals surface area contributed by atoms with E-state index in [0.29, 0.717) is 22.4 Å². The molecule has 36 heavy (non-hydrogen) atoms. The summed E-state index contributed by atoms with van der Waals surface area (Å²) in [5.74, 6) is -0.364. The van der Waals surface area contributed by atoms with Crippen LogP contribution in [0.15, 0.2) is 85.2 Å². The van der Waals surface area contributed by atoms with Crippen molar-refractivity contribution in [1.82, 2.24) is 10.2 Å². The fraction of sp³-hybridized carbons (Fsp3) is 0.179. The molecule has 1 aliphatic heterocycles. The number of anilines is 4. The number of rotatable bonds is 7. The lowest BCUT2D eigenvalue weighted by molar-refractivity contribution is 0.102. The predicted molar refractivity (Wildman–Crippen MR) is 140 cm³/mol. The number of carbonyl (C=O) groups is 2. The number of aliphatic hydroxyl groups excluding tert-OH is 1. The highest BCUT2D eigenvalue weighted by Gasteiger charge is 2.17. The SMILES string of the molecule is O=C(Nc1ccc(C(=O)c2ccc(Nc3ccc(N4CCC(O)CC4)cc3)cc2)cc1)c1cn[nH]c1. The fourth-order valence-corrected chi connectivity index (χ4v) is 4.20. The average Bonchev–Trinajstić information content (AvgIpc) is 3.46. The van der Waals surface area contributed by atoms with Gasteiger partial charge in [0.15, 0.2) is 5.78 Å². The second-order valence-electron chi connectivity index (χ2n) is 8.82. The first-order chi connectivity index (χ1) is 17.5. The summed E-state index contributed by atoms with van der Waals surface area (Å²) in [5, 5.41) is 22.2. The number of carbonyl (C=O) groups excluding carboxylic acids is 2. The molecule has 0 bridgehead atoms. The monoisotopic (exact) mass is 481 g/mol. The van der Waals surface area contributed by atoms with Gasteiger partial charge in [0.1, 0.15) is 0 Å². The van der Waals surface area contributed by atoms with Gasteiger partial charge in [-0.05, 0) is 85.6 Å². The zero-order valence-corrected chi connectivity index (χ0v) is 19.6. The Bertz CT molecular complexity index is 1310. The number of nitrogens with one attached hydrogen (secondary N) is 3. The number of piperidine rings is 1. The van der Waals surface area contributed by atoms with E-state index in [-0.39, 0.29) is 17.8 Å². The number of hydrogen-bond acceptors (Lipinski definition) is 6. The molecule has 0 atom stereocenters. The molecular formula is C28H27N5O3. The van der Waals surface area contributed by atoms with Crippen LogP contribution in [0.3, 0.4) is 0 Å². The van der Waals surface area contributed by atoms with E-state index in [1.165, 1.54) is 12.4 Å². The third kappa shape index (κ3) is 5.45. The number of aromatic nitrogens is 2. The molecule has 0 saturated carbocycles. The molecule has 0 radical (unpaired) electrons. The molecule has 4 aromatic rings. The highest BCUT2D eigenvalue weighted by atomic mass is 16.3. The van der Waals surface area contributed by atoms with Gasteiger partial charge in [0.05, 0.1) is 17.9 Å². The van der Waals surface area contributed by atoms with Crippen LogP contribution >= 0.6 is 0 Å². The highest BCUT2D eigenvalue weighted by molar-refractivity contribution is 6.09. The number of benzene rings is 3. The zero-order valence-electron chi connectivity index (χ0n) is 19.6. The zero-order chi connectivity index (χ0) is 24.9. The maximum absolute atomic E-state index is 12.9. The van der Waals surface area contributed by atoms with Crippen LogP contribution in [0.2, 0.25) is 0 Å². The van der Waals surface area contributed by atoms with E-state index in [2.05, 4.69) is 37.9 Å². The second-order valence-corrected chi connectivity index (χ2v) is 8.82. The summed E-state index contributed by atoms with van der Waals surface area (Å²) in [6, 6.07) is 22.4. The van der Waals surface area contributed by atoms with Gasteiger partial charge in [0.2, 0.25) is 0 Å². The first kappa shape index (κ1) is 23.3. The van der Waals surface area contributed by atoms with Crippen molar-refractivity contribution in [1.29, 1.82) is 0 Å². The van der Waals surface area contributed by atoms with E-state index >= 15 is 0 Å². The molecule has 2 heterocycles. The smallest absolute Gasteiger partial charge is 0.258 e. The van der Waals surface area contributed by atoms with Crippen LogP contribution in [0.5, 0.6) is 0 Å². The van der Waals surface area contributed by atoms with Crippen molar-refractivity contribution < 1.29 is 14.7 Å². The van der Waals surface area contributed by atoms with Gasteiger partial charge in [-0.2, -0.15) is 5.10 Å². The molecule has 1 aliphatic rings. The van der Waals surface area contributed by atoms with Gasteiger partial charge >= 0.3 is 0 Å². The molecule has 0 unspecified atom stereocenters. The van der Waals surface area contributed by atoms with Gasteiger partial charge in [-0.15, -0.1) is 0 Å². The Hall–Kier alpha value is -4.43. The van der Waals surface area contributed by atoms with Crippen LogP contribution < -0.4 is 15.5 Å². The van der Waals surface area contributed by atoms with Crippen molar-refractivity contribution in [2.75, 3.05) is 28.6 Å². The Morgan fingerprint density at radius 2 is 1.36 bits per heavy atom. The predicted octanol–water partition coefficient (Wildman–Crippen LogP) is 4.60. The van der Waals surface area contributed by atoms with Crippen LogP contribution in [-0.2, 0) is 0 Å². The van der Waals surface area contributed by atoms with Crippen LogP contribution in [-0.4, -0.2) is 46.2 Å². The fourth-order valence-electron chi connectivity index (χ4n) is 4.20. The van der Waals surface area contributed by atoms with Gasteiger partial charge < -0.3 is 20.6 Å². The van der Waals surface area contributed by atoms with E-state index in [1.807, 2.05) is 24.3 Å². The molecule has 5 rings (SSSR count). The van der Waals surface area contributed by atoms with Crippen LogP contribution in [0.25, 0.3) is 0 Å². The number of aliphatic hydroxyl groups is 1. The molecule has 1 amide bonds. The molecule has 4 N–H and O–H groups in total. The first-order valence-corrected chi connectivity index (χ1v) is 11.9. The van der Waals surface area contributed by atoms with E-state index < -0.39 is 0 Å². The Morgan fingerprint density at radius 3 is 1.92 bits per heavy atom. The maximum atomic E-state index is 12.9. The van der Waals surface area contributed by atoms with E-state index in [1.54, 1.807) is 36.4 Å². The summed E-state index contributed by atoms with van der Waals surface area (Å²) in [6.45, 7) is 1.73. The normalized spacial score (nSPS) is 13.9. The molecule has 8 heteroatoms. The minimum Gasteiger partial charge on any atom is -0.393 e. The summed E-state index contributed by atoms with van der Waals surface area (Å²) in [5.41, 5.74) is 5.15. The average molecular weight is 482 g/mol. The molecule has 3 aromatic carbocycles. The van der Waals surface area contributed by atoms with Gasteiger partial charge in [-0.1, -0.05) is 0 Å². The number of aromatic amines is 1. The molecule has 1 saturated heterocycles. The summed E-state index contributed by atoms with van der Waals surface area (Å²) >= 11 is 0. The van der Waals surface area contributed by atoms with Crippen molar-refractivity contribution in [2.45, 2.75) is 18.9 Å². The van der Waals surface area contributed by atoms with Gasteiger partial charge in [0.25, 0.3) is 5.91 Å². The number of nitrogens with zero attached hydrogens (tertiary/aromatic N) is 2. The molecule has 8 nitrogen and oxygen atoms in total. The van der Waals surface area contributed by atoms with Crippen LogP contribution in [0.4, 0.5) is 22.7 Å². The van der Waals surface area contributed by atoms with Crippen molar-refractivity contribution in [3.05, 3.63) is 102 Å². The van der Waals surface area contributed by atoms with Crippen molar-refractivity contribution in [3.8, 4) is 0 Å². The van der Waals surface area contributed by atoms with Gasteiger partial charge in [0, 0.05) is 53.2 Å². The topological polar surface area (TPSA) is 110 Å². The molecular weight excluding hydrogens is 454 g/mol. The Kier molecular flexibility index (Phi) is 6.77. The summed E-state index contributed by atoms with van der Waals surface area (Å²) in [6.07, 6.45) is 4.39. The largest absolute Gasteiger partial charge is 0.393 e. The minimum atomic E-state index is -0.271. The van der Waals surface area contributed by atoms with Crippen molar-refractivity contribution >= 4 is 34.4 Å². The van der Waals surface area contributed by atoms with Crippen LogP contribution in [0.1, 0.15) is 39.1 Å². The minimum absolute atomic E-state index is 0.0923. The molecule has 0 spiro atoms. The maximum Gasteiger partial charge on any atom is 0.258 e. The summed E-state index contributed by atoms with van der Waals surface area (Å²) < 4.78 is 0. The number of H-pyrrole nitrogens is 1. The highest BCUT2D eigenvalue weighted by Crippen LogP contribution is 2.24. The van der Waals surface area contributed by atoms with Gasteiger partial charge in [-0.3, -0.25) is 14.7 Å². The van der Waals surface area contributed by atoms with Crippen LogP contribution in [0, 0.1) is 0 Å². The lowest BCUT2D eigenvalue weighted by Gasteiger charge is -2.31. The van der Waals surface area contributed by atoms with Gasteiger partial charge in [-0.25, -0.2) is 0 Å².